The molecule has 1 fully saturated rings. The lowest BCUT2D eigenvalue weighted by Crippen LogP contribution is -2.25. The van der Waals surface area contributed by atoms with E-state index >= 15 is 0 Å². The molecule has 26 heavy (non-hydrogen) atoms. The highest BCUT2D eigenvalue weighted by molar-refractivity contribution is 6.33. The molecule has 1 aliphatic carbocycles. The zero-order valence-electron chi connectivity index (χ0n) is 14.6. The highest BCUT2D eigenvalue weighted by Crippen LogP contribution is 2.30. The van der Waals surface area contributed by atoms with Crippen LogP contribution in [0.4, 0.5) is 11.4 Å². The highest BCUT2D eigenvalue weighted by Gasteiger charge is 2.24. The van der Waals surface area contributed by atoms with Crippen LogP contribution in [-0.2, 0) is 0 Å². The number of carbonyl (C=O) groups is 2. The summed E-state index contributed by atoms with van der Waals surface area (Å²) in [6.07, 6.45) is 2.03. The number of benzene rings is 2. The van der Waals surface area contributed by atoms with Crippen molar-refractivity contribution in [2.24, 2.45) is 0 Å². The molecule has 0 spiro atoms. The second-order valence-electron chi connectivity index (χ2n) is 6.31. The molecule has 0 saturated heterocycles. The molecule has 2 amide bonds. The molecule has 2 aromatic carbocycles. The van der Waals surface area contributed by atoms with Crippen molar-refractivity contribution in [1.82, 2.24) is 5.32 Å². The van der Waals surface area contributed by atoms with Crippen LogP contribution in [0.5, 0.6) is 5.75 Å². The second-order valence-corrected chi connectivity index (χ2v) is 6.71. The molecule has 2 aromatic rings. The van der Waals surface area contributed by atoms with Crippen LogP contribution in [0.3, 0.4) is 0 Å². The second kappa shape index (κ2) is 7.25. The molecule has 3 rings (SSSR count). The normalized spacial score (nSPS) is 13.2. The Balaban J connectivity index is 1.85. The van der Waals surface area contributed by atoms with Crippen LogP contribution >= 0.6 is 11.6 Å². The van der Waals surface area contributed by atoms with Gasteiger partial charge < -0.3 is 21.1 Å². The number of rotatable bonds is 5. The van der Waals surface area contributed by atoms with Gasteiger partial charge in [-0.1, -0.05) is 17.7 Å². The van der Waals surface area contributed by atoms with E-state index < -0.39 is 5.91 Å². The maximum absolute atomic E-state index is 12.7. The van der Waals surface area contributed by atoms with E-state index in [1.54, 1.807) is 18.2 Å². The van der Waals surface area contributed by atoms with Crippen molar-refractivity contribution < 1.29 is 14.3 Å². The third-order valence-electron chi connectivity index (χ3n) is 4.22. The Hall–Kier alpha value is -2.73. The number of nitrogen functional groups attached to an aromatic ring is 1. The smallest absolute Gasteiger partial charge is 0.259 e. The topological polar surface area (TPSA) is 93.4 Å². The Kier molecular flexibility index (Phi) is 5.04. The summed E-state index contributed by atoms with van der Waals surface area (Å²) in [4.78, 5) is 24.9. The fourth-order valence-electron chi connectivity index (χ4n) is 2.50. The van der Waals surface area contributed by atoms with Crippen LogP contribution in [0.1, 0.15) is 39.1 Å². The molecular formula is C19H20ClN3O3. The van der Waals surface area contributed by atoms with Gasteiger partial charge in [0.2, 0.25) is 0 Å². The van der Waals surface area contributed by atoms with E-state index in [0.717, 1.165) is 18.4 Å². The average Bonchev–Trinajstić information content (AvgIpc) is 3.42. The van der Waals surface area contributed by atoms with Gasteiger partial charge in [0.15, 0.2) is 0 Å². The van der Waals surface area contributed by atoms with Crippen molar-refractivity contribution in [3.05, 3.63) is 52.0 Å². The number of nitrogens with one attached hydrogen (secondary N) is 2. The molecule has 136 valence electrons. The van der Waals surface area contributed by atoms with Gasteiger partial charge in [-0.25, -0.2) is 0 Å². The Bertz CT molecular complexity index is 879. The molecule has 4 N–H and O–H groups in total. The first-order valence-corrected chi connectivity index (χ1v) is 8.62. The van der Waals surface area contributed by atoms with E-state index in [1.165, 1.54) is 19.2 Å². The van der Waals surface area contributed by atoms with E-state index in [1.807, 2.05) is 6.92 Å². The van der Waals surface area contributed by atoms with Crippen LogP contribution < -0.4 is 21.1 Å². The summed E-state index contributed by atoms with van der Waals surface area (Å²) in [7, 11) is 1.45. The van der Waals surface area contributed by atoms with E-state index in [0.29, 0.717) is 22.7 Å². The third-order valence-corrected chi connectivity index (χ3v) is 4.55. The summed E-state index contributed by atoms with van der Waals surface area (Å²) in [6.45, 7) is 1.85. The van der Waals surface area contributed by atoms with Gasteiger partial charge in [-0.15, -0.1) is 0 Å². The van der Waals surface area contributed by atoms with Gasteiger partial charge in [-0.3, -0.25) is 9.59 Å². The molecule has 1 saturated carbocycles. The fraction of sp³-hybridized carbons (Fsp3) is 0.263. The van der Waals surface area contributed by atoms with Gasteiger partial charge >= 0.3 is 0 Å². The number of hydrogen-bond donors (Lipinski definition) is 3. The number of aryl methyl sites for hydroxylation is 1. The number of halogens is 1. The Morgan fingerprint density at radius 3 is 2.58 bits per heavy atom. The third kappa shape index (κ3) is 3.91. The predicted octanol–water partition coefficient (Wildman–Crippen LogP) is 3.38. The first kappa shape index (κ1) is 18.1. The van der Waals surface area contributed by atoms with Gasteiger partial charge in [0.05, 0.1) is 23.4 Å². The Labute approximate surface area is 156 Å². The largest absolute Gasteiger partial charge is 0.496 e. The molecule has 0 radical (unpaired) electrons. The number of hydrogen-bond acceptors (Lipinski definition) is 4. The summed E-state index contributed by atoms with van der Waals surface area (Å²) in [5.41, 5.74) is 8.23. The van der Waals surface area contributed by atoms with Crippen molar-refractivity contribution in [2.45, 2.75) is 25.8 Å². The van der Waals surface area contributed by atoms with E-state index in [-0.39, 0.29) is 22.5 Å². The van der Waals surface area contributed by atoms with Gasteiger partial charge in [0.25, 0.3) is 11.8 Å². The van der Waals surface area contributed by atoms with Crippen molar-refractivity contribution in [3.63, 3.8) is 0 Å². The molecule has 7 heteroatoms. The molecule has 0 unspecified atom stereocenters. The molecule has 0 atom stereocenters. The first-order chi connectivity index (χ1) is 12.4. The van der Waals surface area contributed by atoms with Crippen LogP contribution in [0.25, 0.3) is 0 Å². The number of methoxy groups -OCH3 is 1. The SMILES string of the molecule is COc1cc(N)c(Cl)cc1C(=O)Nc1cc(C(=O)NC2CC2)ccc1C. The molecule has 6 nitrogen and oxygen atoms in total. The number of amides is 2. The summed E-state index contributed by atoms with van der Waals surface area (Å²) < 4.78 is 5.22. The predicted molar refractivity (Wildman–Crippen MR) is 102 cm³/mol. The van der Waals surface area contributed by atoms with E-state index in [9.17, 15) is 9.59 Å². The number of carbonyl (C=O) groups excluding carboxylic acids is 2. The van der Waals surface area contributed by atoms with Crippen molar-refractivity contribution in [2.75, 3.05) is 18.2 Å². The lowest BCUT2D eigenvalue weighted by molar-refractivity contribution is 0.0949. The minimum atomic E-state index is -0.397. The lowest BCUT2D eigenvalue weighted by atomic mass is 10.1. The average molecular weight is 374 g/mol. The number of ether oxygens (including phenoxy) is 1. The number of nitrogens with two attached hydrogens (primary N) is 1. The Morgan fingerprint density at radius 1 is 1.19 bits per heavy atom. The molecular weight excluding hydrogens is 354 g/mol. The van der Waals surface area contributed by atoms with Crippen LogP contribution in [0, 0.1) is 6.92 Å². The zero-order chi connectivity index (χ0) is 18.8. The molecule has 0 bridgehead atoms. The zero-order valence-corrected chi connectivity index (χ0v) is 15.3. The fourth-order valence-corrected chi connectivity index (χ4v) is 2.66. The molecule has 0 heterocycles. The summed E-state index contributed by atoms with van der Waals surface area (Å²) in [5, 5.41) is 6.01. The van der Waals surface area contributed by atoms with Crippen molar-refractivity contribution in [1.29, 1.82) is 0 Å². The highest BCUT2D eigenvalue weighted by atomic mass is 35.5. The molecule has 0 aliphatic heterocycles. The number of anilines is 2. The monoisotopic (exact) mass is 373 g/mol. The summed E-state index contributed by atoms with van der Waals surface area (Å²) in [5.74, 6) is -0.215. The quantitative estimate of drug-likeness (QED) is 0.700. The summed E-state index contributed by atoms with van der Waals surface area (Å²) >= 11 is 6.03. The van der Waals surface area contributed by atoms with Crippen LogP contribution in [0.15, 0.2) is 30.3 Å². The minimum Gasteiger partial charge on any atom is -0.496 e. The Morgan fingerprint density at radius 2 is 1.92 bits per heavy atom. The van der Waals surface area contributed by atoms with E-state index in [2.05, 4.69) is 10.6 Å². The van der Waals surface area contributed by atoms with E-state index in [4.69, 9.17) is 22.1 Å². The van der Waals surface area contributed by atoms with Crippen LogP contribution in [0.2, 0.25) is 5.02 Å². The maximum Gasteiger partial charge on any atom is 0.259 e. The van der Waals surface area contributed by atoms with Crippen molar-refractivity contribution >= 4 is 34.8 Å². The summed E-state index contributed by atoms with van der Waals surface area (Å²) in [6, 6.07) is 8.43. The first-order valence-electron chi connectivity index (χ1n) is 8.25. The molecule has 0 aromatic heterocycles. The lowest BCUT2D eigenvalue weighted by Gasteiger charge is -2.13. The van der Waals surface area contributed by atoms with Gasteiger partial charge in [0, 0.05) is 23.4 Å². The van der Waals surface area contributed by atoms with Crippen molar-refractivity contribution in [3.8, 4) is 5.75 Å². The molecule has 1 aliphatic rings. The van der Waals surface area contributed by atoms with Gasteiger partial charge in [0.1, 0.15) is 5.75 Å². The van der Waals surface area contributed by atoms with Crippen LogP contribution in [-0.4, -0.2) is 25.0 Å². The van der Waals surface area contributed by atoms with Gasteiger partial charge in [-0.2, -0.15) is 0 Å². The standard InChI is InChI=1S/C19H20ClN3O3/c1-10-3-4-11(18(24)22-12-5-6-12)7-16(10)23-19(25)13-8-14(20)15(21)9-17(13)26-2/h3-4,7-9,12H,5-6,21H2,1-2H3,(H,22,24)(H,23,25). The van der Waals surface area contributed by atoms with Gasteiger partial charge in [-0.05, 0) is 43.5 Å². The maximum atomic E-state index is 12.7. The minimum absolute atomic E-state index is 0.142.